The van der Waals surface area contributed by atoms with E-state index >= 15 is 0 Å². The van der Waals surface area contributed by atoms with Crippen LogP contribution in [0.2, 0.25) is 0 Å². The van der Waals surface area contributed by atoms with Crippen LogP contribution in [0.1, 0.15) is 6.85 Å². The predicted octanol–water partition coefficient (Wildman–Crippen LogP) is 12.0. The average Bonchev–Trinajstić information content (AvgIpc) is 3.49. The topological polar surface area (TPSA) is 30.7 Å². The lowest BCUT2D eigenvalue weighted by atomic mass is 9.88. The van der Waals surface area contributed by atoms with Crippen LogP contribution in [-0.2, 0) is 0 Å². The molecule has 0 bridgehead atoms. The number of hydrogen-bond acceptors (Lipinski definition) is 2. The smallest absolute Gasteiger partial charge is 0.165 e. The number of nitrogens with zero attached hydrogens (tertiary/aromatic N) is 3. The fraction of sp³-hybridized carbons (Fsp3) is 0. The molecule has 3 heteroatoms. The monoisotopic (exact) mass is 626 g/mol. The van der Waals surface area contributed by atoms with Crippen LogP contribution in [0, 0.1) is 0 Å². The molecule has 10 aromatic rings. The Kier molecular flexibility index (Phi) is 4.49. The third-order valence-corrected chi connectivity index (χ3v) is 10.00. The molecule has 2 aromatic heterocycles. The van der Waals surface area contributed by atoms with E-state index in [2.05, 4.69) is 95.6 Å². The Morgan fingerprint density at radius 1 is 0.469 bits per heavy atom. The molecule has 0 amide bonds. The Bertz CT molecular complexity index is 3250. The summed E-state index contributed by atoms with van der Waals surface area (Å²) >= 11 is 0. The van der Waals surface area contributed by atoms with Gasteiger partial charge in [0.2, 0.25) is 0 Å². The van der Waals surface area contributed by atoms with E-state index in [9.17, 15) is 0 Å². The van der Waals surface area contributed by atoms with Crippen molar-refractivity contribution in [3.05, 3.63) is 164 Å². The first-order chi connectivity index (χ1) is 26.4. The van der Waals surface area contributed by atoms with Gasteiger partial charge in [-0.2, -0.15) is 0 Å². The van der Waals surface area contributed by atoms with Crippen LogP contribution < -0.4 is 0 Å². The molecule has 8 aromatic carbocycles. The van der Waals surface area contributed by atoms with Crippen molar-refractivity contribution in [2.45, 2.75) is 0 Å². The van der Waals surface area contributed by atoms with Gasteiger partial charge in [0, 0.05) is 27.3 Å². The predicted molar refractivity (Wildman–Crippen MR) is 204 cm³/mol. The molecule has 0 N–H and O–H groups in total. The van der Waals surface area contributed by atoms with Crippen molar-refractivity contribution in [2.75, 3.05) is 0 Å². The van der Waals surface area contributed by atoms with E-state index in [1.165, 1.54) is 0 Å². The van der Waals surface area contributed by atoms with E-state index < -0.39 is 18.1 Å². The Morgan fingerprint density at radius 2 is 1.18 bits per heavy atom. The molecule has 2 heterocycles. The SMILES string of the molecule is [2H]c1c([2H])c([2H])c(-c2nc3ccc4ccccc4c3nc2-n2c3ccc(-c4ccccc4)c4c3c3c5c(cccc5ccc32)-c2ccccc2-4)c([2H])c1[2H]. The fourth-order valence-electron chi connectivity index (χ4n) is 7.97. The Morgan fingerprint density at radius 3 is 2.08 bits per heavy atom. The average molecular weight is 627 g/mol. The standard InChI is InChI=1S/C46H27N3/c1-3-12-28(13-4-1)32-24-27-39-43-41(32)36-20-10-9-19-34(36)35-21-11-17-30-23-26-38(42(43)40(30)35)49(39)46-44(31-15-5-2-6-16-31)47-37-25-22-29-14-7-8-18-33(29)45(37)48-46/h1-27H/i2D,5D,6D,15D,16D. The third kappa shape index (κ3) is 3.67. The second-order valence-corrected chi connectivity index (χ2v) is 12.5. The second kappa shape index (κ2) is 9.96. The maximum atomic E-state index is 9.09. The molecule has 0 aliphatic heterocycles. The molecule has 11 rings (SSSR count). The van der Waals surface area contributed by atoms with Gasteiger partial charge in [0.25, 0.3) is 0 Å². The van der Waals surface area contributed by atoms with Crippen LogP contribution in [0.5, 0.6) is 0 Å². The van der Waals surface area contributed by atoms with E-state index in [4.69, 9.17) is 16.8 Å². The largest absolute Gasteiger partial charge is 0.292 e. The normalized spacial score (nSPS) is 13.5. The minimum atomic E-state index is -0.454. The molecule has 0 saturated heterocycles. The molecule has 1 aliphatic carbocycles. The van der Waals surface area contributed by atoms with Crippen molar-refractivity contribution in [3.63, 3.8) is 0 Å². The summed E-state index contributed by atoms with van der Waals surface area (Å²) in [5.74, 6) is 0.390. The first-order valence-corrected chi connectivity index (χ1v) is 16.4. The molecular formula is C46H27N3. The molecule has 0 spiro atoms. The molecule has 0 fully saturated rings. The van der Waals surface area contributed by atoms with E-state index in [0.717, 1.165) is 76.7 Å². The Labute approximate surface area is 289 Å². The summed E-state index contributed by atoms with van der Waals surface area (Å²) in [5.41, 5.74) is 9.90. The van der Waals surface area contributed by atoms with E-state index in [-0.39, 0.29) is 23.3 Å². The first kappa shape index (κ1) is 22.1. The van der Waals surface area contributed by atoms with Crippen LogP contribution >= 0.6 is 0 Å². The third-order valence-electron chi connectivity index (χ3n) is 10.00. The highest BCUT2D eigenvalue weighted by Gasteiger charge is 2.28. The van der Waals surface area contributed by atoms with Crippen molar-refractivity contribution in [3.8, 4) is 50.5 Å². The van der Waals surface area contributed by atoms with Crippen LogP contribution in [0.25, 0.3) is 105 Å². The first-order valence-electron chi connectivity index (χ1n) is 18.9. The van der Waals surface area contributed by atoms with E-state index in [0.29, 0.717) is 16.9 Å². The molecule has 49 heavy (non-hydrogen) atoms. The molecule has 3 nitrogen and oxygen atoms in total. The van der Waals surface area contributed by atoms with Crippen molar-refractivity contribution in [1.82, 2.24) is 14.5 Å². The van der Waals surface area contributed by atoms with Crippen LogP contribution in [-0.4, -0.2) is 14.5 Å². The Hall–Kier alpha value is -6.58. The van der Waals surface area contributed by atoms with Gasteiger partial charge in [-0.15, -0.1) is 0 Å². The number of hydrogen-bond donors (Lipinski definition) is 0. The molecule has 0 saturated carbocycles. The van der Waals surface area contributed by atoms with Gasteiger partial charge in [-0.05, 0) is 62.2 Å². The van der Waals surface area contributed by atoms with Gasteiger partial charge in [-0.25, -0.2) is 9.97 Å². The quantitative estimate of drug-likeness (QED) is 0.183. The van der Waals surface area contributed by atoms with Crippen LogP contribution in [0.4, 0.5) is 0 Å². The van der Waals surface area contributed by atoms with Gasteiger partial charge in [-0.1, -0.05) is 145 Å². The van der Waals surface area contributed by atoms with E-state index in [1.807, 2.05) is 42.5 Å². The zero-order valence-corrected chi connectivity index (χ0v) is 26.0. The number of rotatable bonds is 3. The number of fused-ring (bicyclic) bond motifs is 6. The summed E-state index contributed by atoms with van der Waals surface area (Å²) in [6.07, 6.45) is 0. The molecule has 0 unspecified atom stereocenters. The van der Waals surface area contributed by atoms with Crippen molar-refractivity contribution >= 4 is 54.4 Å². The summed E-state index contributed by atoms with van der Waals surface area (Å²) in [6, 6.07) is 44.0. The fourth-order valence-corrected chi connectivity index (χ4v) is 7.97. The van der Waals surface area contributed by atoms with Crippen LogP contribution in [0.3, 0.4) is 0 Å². The lowest BCUT2D eigenvalue weighted by Crippen LogP contribution is -2.04. The molecule has 1 aliphatic rings. The summed E-state index contributed by atoms with van der Waals surface area (Å²) in [6.45, 7) is 0. The van der Waals surface area contributed by atoms with Gasteiger partial charge in [-0.3, -0.25) is 4.57 Å². The van der Waals surface area contributed by atoms with Crippen molar-refractivity contribution in [2.24, 2.45) is 0 Å². The minimum Gasteiger partial charge on any atom is -0.292 e. The molecule has 0 atom stereocenters. The summed E-state index contributed by atoms with van der Waals surface area (Å²) in [7, 11) is 0. The van der Waals surface area contributed by atoms with Gasteiger partial charge in [0.15, 0.2) is 5.82 Å². The lowest BCUT2D eigenvalue weighted by molar-refractivity contribution is 1.08. The molecule has 0 radical (unpaired) electrons. The van der Waals surface area contributed by atoms with Gasteiger partial charge < -0.3 is 0 Å². The highest BCUT2D eigenvalue weighted by molar-refractivity contribution is 6.32. The second-order valence-electron chi connectivity index (χ2n) is 12.5. The zero-order valence-electron chi connectivity index (χ0n) is 31.0. The minimum absolute atomic E-state index is 0.00797. The highest BCUT2D eigenvalue weighted by Crippen LogP contribution is 2.52. The lowest BCUT2D eigenvalue weighted by Gasteiger charge is -2.18. The van der Waals surface area contributed by atoms with Crippen molar-refractivity contribution in [1.29, 1.82) is 0 Å². The van der Waals surface area contributed by atoms with E-state index in [1.54, 1.807) is 0 Å². The Balaban J connectivity index is 1.39. The van der Waals surface area contributed by atoms with Gasteiger partial charge in [0.1, 0.15) is 5.69 Å². The summed E-state index contributed by atoms with van der Waals surface area (Å²) in [4.78, 5) is 10.6. The number of benzene rings is 8. The number of aromatic nitrogens is 3. The summed E-state index contributed by atoms with van der Waals surface area (Å²) < 4.78 is 45.9. The molecule has 226 valence electrons. The summed E-state index contributed by atoms with van der Waals surface area (Å²) in [5, 5.41) is 6.26. The maximum absolute atomic E-state index is 9.09. The van der Waals surface area contributed by atoms with Gasteiger partial charge in [0.05, 0.1) is 28.9 Å². The van der Waals surface area contributed by atoms with Gasteiger partial charge >= 0.3 is 0 Å². The maximum Gasteiger partial charge on any atom is 0.165 e. The zero-order chi connectivity index (χ0) is 36.4. The van der Waals surface area contributed by atoms with Crippen molar-refractivity contribution < 1.29 is 6.85 Å². The highest BCUT2D eigenvalue weighted by atomic mass is 15.1. The molecular weight excluding hydrogens is 595 g/mol. The van der Waals surface area contributed by atoms with Crippen LogP contribution in [0.15, 0.2) is 164 Å².